The number of rotatable bonds is 4. The van der Waals surface area contributed by atoms with Gasteiger partial charge in [-0.05, 0) is 49.8 Å². The molecule has 0 radical (unpaired) electrons. The maximum absolute atomic E-state index is 12.9. The van der Waals surface area contributed by atoms with E-state index in [1.807, 2.05) is 0 Å². The Hall–Kier alpha value is -2.70. The van der Waals surface area contributed by atoms with Gasteiger partial charge >= 0.3 is 5.97 Å². The predicted octanol–water partition coefficient (Wildman–Crippen LogP) is 3.36. The smallest absolute Gasteiger partial charge is 0.338 e. The first-order valence-corrected chi connectivity index (χ1v) is 11.5. The van der Waals surface area contributed by atoms with Gasteiger partial charge in [-0.1, -0.05) is 32.6 Å². The summed E-state index contributed by atoms with van der Waals surface area (Å²) in [5.41, 5.74) is 0.753. The molecule has 2 aromatic rings. The van der Waals surface area contributed by atoms with Crippen LogP contribution in [-0.4, -0.2) is 34.1 Å². The number of amides is 1. The molecule has 0 saturated heterocycles. The van der Waals surface area contributed by atoms with Gasteiger partial charge in [0.1, 0.15) is 5.82 Å². The molecule has 2 atom stereocenters. The molecule has 1 aromatic heterocycles. The SMILES string of the molecule is C[C@@H]1CCCC[C@H]1NC(=O)COC(=O)c1ccc2c(=O)n3c(nc2c1)CCCCCC3. The van der Waals surface area contributed by atoms with Crippen LogP contribution in [-0.2, 0) is 22.5 Å². The fourth-order valence-electron chi connectivity index (χ4n) is 4.72. The zero-order valence-electron chi connectivity index (χ0n) is 18.2. The average molecular weight is 426 g/mol. The molecule has 0 bridgehead atoms. The van der Waals surface area contributed by atoms with E-state index in [2.05, 4.69) is 17.2 Å². The number of nitrogens with one attached hydrogen (secondary N) is 1. The number of nitrogens with zero attached hydrogens (tertiary/aromatic N) is 2. The van der Waals surface area contributed by atoms with Crippen LogP contribution in [0.25, 0.3) is 10.9 Å². The quantitative estimate of drug-likeness (QED) is 0.759. The van der Waals surface area contributed by atoms with E-state index in [-0.39, 0.29) is 24.1 Å². The van der Waals surface area contributed by atoms with E-state index in [1.165, 1.54) is 6.42 Å². The number of aromatic nitrogens is 2. The van der Waals surface area contributed by atoms with Crippen molar-refractivity contribution < 1.29 is 14.3 Å². The Kier molecular flexibility index (Phi) is 6.68. The normalized spacial score (nSPS) is 21.6. The minimum atomic E-state index is -0.581. The van der Waals surface area contributed by atoms with Crippen molar-refractivity contribution in [1.82, 2.24) is 14.9 Å². The summed E-state index contributed by atoms with van der Waals surface area (Å²) in [6.45, 7) is 2.53. The highest BCUT2D eigenvalue weighted by molar-refractivity contribution is 5.95. The van der Waals surface area contributed by atoms with Crippen molar-refractivity contribution in [1.29, 1.82) is 0 Å². The van der Waals surface area contributed by atoms with E-state index in [9.17, 15) is 14.4 Å². The minimum absolute atomic E-state index is 0.0530. The summed E-state index contributed by atoms with van der Waals surface area (Å²) in [5, 5.41) is 3.49. The van der Waals surface area contributed by atoms with Gasteiger partial charge in [-0.15, -0.1) is 0 Å². The molecule has 0 spiro atoms. The third kappa shape index (κ3) is 4.97. The molecule has 1 aliphatic carbocycles. The summed E-state index contributed by atoms with van der Waals surface area (Å²) in [4.78, 5) is 42.3. The minimum Gasteiger partial charge on any atom is -0.452 e. The molecule has 31 heavy (non-hydrogen) atoms. The second kappa shape index (κ2) is 9.62. The molecule has 1 saturated carbocycles. The number of aryl methyl sites for hydroxylation is 1. The van der Waals surface area contributed by atoms with Crippen LogP contribution in [0.1, 0.15) is 74.5 Å². The summed E-state index contributed by atoms with van der Waals surface area (Å²) >= 11 is 0. The summed E-state index contributed by atoms with van der Waals surface area (Å²) in [6.07, 6.45) is 9.41. The maximum atomic E-state index is 12.9. The second-order valence-corrected chi connectivity index (χ2v) is 8.89. The number of hydrogen-bond donors (Lipinski definition) is 1. The van der Waals surface area contributed by atoms with Crippen molar-refractivity contribution >= 4 is 22.8 Å². The van der Waals surface area contributed by atoms with Crippen molar-refractivity contribution in [2.75, 3.05) is 6.61 Å². The summed E-state index contributed by atoms with van der Waals surface area (Å²) in [6, 6.07) is 4.96. The zero-order valence-corrected chi connectivity index (χ0v) is 18.2. The Morgan fingerprint density at radius 1 is 1.13 bits per heavy atom. The van der Waals surface area contributed by atoms with Gasteiger partial charge in [0.05, 0.1) is 16.5 Å². The van der Waals surface area contributed by atoms with Gasteiger partial charge in [0.25, 0.3) is 11.5 Å². The molecule has 1 aliphatic heterocycles. The number of fused-ring (bicyclic) bond motifs is 2. The van der Waals surface area contributed by atoms with E-state index in [0.717, 1.165) is 57.2 Å². The van der Waals surface area contributed by atoms with Crippen molar-refractivity contribution in [3.8, 4) is 0 Å². The first-order valence-electron chi connectivity index (χ1n) is 11.5. The Bertz CT molecular complexity index is 1030. The molecule has 1 aromatic carbocycles. The van der Waals surface area contributed by atoms with Crippen LogP contribution < -0.4 is 10.9 Å². The standard InChI is InChI=1S/C24H31N3O4/c1-16-8-5-6-9-19(16)26-22(28)15-31-24(30)17-11-12-18-20(14-17)25-21-10-4-2-3-7-13-27(21)23(18)29/h11-12,14,16,19H,2-10,13,15H2,1H3,(H,26,28)/t16-,19-/m1/s1. The Morgan fingerprint density at radius 3 is 2.77 bits per heavy atom. The molecule has 1 fully saturated rings. The van der Waals surface area contributed by atoms with Gasteiger partial charge in [-0.25, -0.2) is 9.78 Å². The van der Waals surface area contributed by atoms with Crippen molar-refractivity contribution in [3.63, 3.8) is 0 Å². The van der Waals surface area contributed by atoms with Crippen LogP contribution in [0.2, 0.25) is 0 Å². The van der Waals surface area contributed by atoms with Crippen LogP contribution >= 0.6 is 0 Å². The summed E-state index contributed by atoms with van der Waals surface area (Å²) in [7, 11) is 0. The van der Waals surface area contributed by atoms with E-state index in [4.69, 9.17) is 4.74 Å². The van der Waals surface area contributed by atoms with Gasteiger partial charge in [-0.3, -0.25) is 14.2 Å². The largest absolute Gasteiger partial charge is 0.452 e. The number of benzene rings is 1. The van der Waals surface area contributed by atoms with Crippen molar-refractivity contribution in [2.24, 2.45) is 5.92 Å². The third-order valence-electron chi connectivity index (χ3n) is 6.59. The van der Waals surface area contributed by atoms with Gasteiger partial charge < -0.3 is 10.1 Å². The number of carbonyl (C=O) groups is 2. The highest BCUT2D eigenvalue weighted by Crippen LogP contribution is 2.23. The molecule has 1 amide bonds. The number of esters is 1. The van der Waals surface area contributed by atoms with Crippen LogP contribution in [0.4, 0.5) is 0 Å². The fraction of sp³-hybridized carbons (Fsp3) is 0.583. The molecule has 1 N–H and O–H groups in total. The summed E-state index contributed by atoms with van der Waals surface area (Å²) < 4.78 is 7.01. The molecule has 2 heterocycles. The Labute approximate surface area is 182 Å². The predicted molar refractivity (Wildman–Crippen MR) is 118 cm³/mol. The van der Waals surface area contributed by atoms with E-state index >= 15 is 0 Å². The monoisotopic (exact) mass is 425 g/mol. The van der Waals surface area contributed by atoms with Crippen LogP contribution in [0.3, 0.4) is 0 Å². The molecule has 4 rings (SSSR count). The summed E-state index contributed by atoms with van der Waals surface area (Å²) in [5.74, 6) is 0.371. The van der Waals surface area contributed by atoms with Crippen LogP contribution in [0, 0.1) is 5.92 Å². The molecule has 2 aliphatic rings. The van der Waals surface area contributed by atoms with Gasteiger partial charge in [0, 0.05) is 19.0 Å². The molecular formula is C24H31N3O4. The first kappa shape index (κ1) is 21.5. The topological polar surface area (TPSA) is 90.3 Å². The lowest BCUT2D eigenvalue weighted by Gasteiger charge is -2.29. The average Bonchev–Trinajstić information content (AvgIpc) is 2.75. The van der Waals surface area contributed by atoms with Crippen molar-refractivity contribution in [2.45, 2.75) is 77.3 Å². The molecule has 0 unspecified atom stereocenters. The Balaban J connectivity index is 1.45. The number of hydrogen-bond acceptors (Lipinski definition) is 5. The highest BCUT2D eigenvalue weighted by atomic mass is 16.5. The molecule has 166 valence electrons. The molecule has 7 heteroatoms. The third-order valence-corrected chi connectivity index (χ3v) is 6.59. The Morgan fingerprint density at radius 2 is 1.94 bits per heavy atom. The lowest BCUT2D eigenvalue weighted by Crippen LogP contribution is -2.42. The second-order valence-electron chi connectivity index (χ2n) is 8.89. The maximum Gasteiger partial charge on any atom is 0.338 e. The number of carbonyl (C=O) groups excluding carboxylic acids is 2. The van der Waals surface area contributed by atoms with Gasteiger partial charge in [0.15, 0.2) is 6.61 Å². The highest BCUT2D eigenvalue weighted by Gasteiger charge is 2.23. The molecular weight excluding hydrogens is 394 g/mol. The van der Waals surface area contributed by atoms with Crippen LogP contribution in [0.15, 0.2) is 23.0 Å². The fourth-order valence-corrected chi connectivity index (χ4v) is 4.72. The zero-order chi connectivity index (χ0) is 21.8. The molecule has 7 nitrogen and oxygen atoms in total. The first-order chi connectivity index (χ1) is 15.0. The lowest BCUT2D eigenvalue weighted by atomic mass is 9.86. The van der Waals surface area contributed by atoms with Crippen molar-refractivity contribution in [3.05, 3.63) is 39.9 Å². The van der Waals surface area contributed by atoms with E-state index in [0.29, 0.717) is 28.9 Å². The van der Waals surface area contributed by atoms with Gasteiger partial charge in [-0.2, -0.15) is 0 Å². The van der Waals surface area contributed by atoms with Gasteiger partial charge in [0.2, 0.25) is 0 Å². The lowest BCUT2D eigenvalue weighted by molar-refractivity contribution is -0.125. The van der Waals surface area contributed by atoms with E-state index < -0.39 is 5.97 Å². The number of ether oxygens (including phenoxy) is 1. The van der Waals surface area contributed by atoms with Crippen LogP contribution in [0.5, 0.6) is 0 Å². The van der Waals surface area contributed by atoms with E-state index in [1.54, 1.807) is 22.8 Å².